The molecule has 0 aliphatic carbocycles. The van der Waals surface area contributed by atoms with Gasteiger partial charge in [0.1, 0.15) is 5.75 Å². The lowest BCUT2D eigenvalue weighted by Gasteiger charge is -2.28. The van der Waals surface area contributed by atoms with Crippen LogP contribution in [-0.4, -0.2) is 18.0 Å². The number of hydrogen-bond donors (Lipinski definition) is 2. The van der Waals surface area contributed by atoms with Crippen LogP contribution in [0, 0.1) is 0 Å². The number of methoxy groups -OCH3 is 1. The third-order valence-corrected chi connectivity index (χ3v) is 3.16. The summed E-state index contributed by atoms with van der Waals surface area (Å²) in [6.45, 7) is 1.70. The van der Waals surface area contributed by atoms with Gasteiger partial charge in [0.2, 0.25) is 5.91 Å². The second-order valence-electron chi connectivity index (χ2n) is 4.53. The summed E-state index contributed by atoms with van der Waals surface area (Å²) in [5.74, 6) is 0.123. The molecule has 104 valence electrons. The lowest BCUT2D eigenvalue weighted by molar-refractivity contribution is -0.122. The Balaban J connectivity index is 2.43. The number of amides is 1. The van der Waals surface area contributed by atoms with Crippen LogP contribution in [0.15, 0.2) is 48.7 Å². The van der Waals surface area contributed by atoms with Crippen LogP contribution in [-0.2, 0) is 10.3 Å². The smallest absolute Gasteiger partial charge is 0.249 e. The van der Waals surface area contributed by atoms with Gasteiger partial charge in [-0.2, -0.15) is 0 Å². The van der Waals surface area contributed by atoms with E-state index in [1.165, 1.54) is 0 Å². The molecule has 0 bridgehead atoms. The van der Waals surface area contributed by atoms with Crippen molar-refractivity contribution in [2.24, 2.45) is 5.73 Å². The molecule has 3 N–H and O–H groups in total. The highest BCUT2D eigenvalue weighted by atomic mass is 16.5. The number of rotatable bonds is 5. The van der Waals surface area contributed by atoms with Gasteiger partial charge in [0.05, 0.1) is 18.5 Å². The van der Waals surface area contributed by atoms with Gasteiger partial charge in [0, 0.05) is 6.20 Å². The second-order valence-corrected chi connectivity index (χ2v) is 4.53. The van der Waals surface area contributed by atoms with Crippen LogP contribution in [0.5, 0.6) is 5.75 Å². The highest BCUT2D eigenvalue weighted by molar-refractivity contribution is 5.88. The van der Waals surface area contributed by atoms with Gasteiger partial charge in [-0.15, -0.1) is 0 Å². The summed E-state index contributed by atoms with van der Waals surface area (Å²) in [4.78, 5) is 16.1. The first-order valence-corrected chi connectivity index (χ1v) is 6.20. The fourth-order valence-corrected chi connectivity index (χ4v) is 1.93. The summed E-state index contributed by atoms with van der Waals surface area (Å²) in [5, 5.41) is 3.13. The van der Waals surface area contributed by atoms with Gasteiger partial charge in [-0.05, 0) is 31.2 Å². The van der Waals surface area contributed by atoms with Crippen molar-refractivity contribution in [1.29, 1.82) is 0 Å². The molecule has 1 heterocycles. The van der Waals surface area contributed by atoms with Crippen molar-refractivity contribution in [3.05, 3.63) is 54.4 Å². The fourth-order valence-electron chi connectivity index (χ4n) is 1.93. The molecule has 2 rings (SSSR count). The van der Waals surface area contributed by atoms with Gasteiger partial charge in [0.25, 0.3) is 0 Å². The lowest BCUT2D eigenvalue weighted by Crippen LogP contribution is -2.45. The maximum Gasteiger partial charge on any atom is 0.249 e. The number of nitrogens with two attached hydrogens (primary N) is 1. The van der Waals surface area contributed by atoms with Crippen molar-refractivity contribution < 1.29 is 9.53 Å². The fraction of sp³-hybridized carbons (Fsp3) is 0.200. The molecule has 1 aromatic carbocycles. The van der Waals surface area contributed by atoms with Crippen LogP contribution in [0.25, 0.3) is 0 Å². The molecule has 1 unspecified atom stereocenters. The molecule has 20 heavy (non-hydrogen) atoms. The van der Waals surface area contributed by atoms with E-state index in [9.17, 15) is 4.79 Å². The topological polar surface area (TPSA) is 77.2 Å². The Labute approximate surface area is 117 Å². The largest absolute Gasteiger partial charge is 0.495 e. The number of para-hydroxylation sites is 2. The van der Waals surface area contributed by atoms with Gasteiger partial charge in [0.15, 0.2) is 5.54 Å². The Bertz CT molecular complexity index is 601. The molecular formula is C15H17N3O2. The van der Waals surface area contributed by atoms with Crippen LogP contribution in [0.4, 0.5) is 5.69 Å². The number of nitrogens with one attached hydrogen (secondary N) is 1. The predicted octanol–water partition coefficient (Wildman–Crippen LogP) is 1.90. The quantitative estimate of drug-likeness (QED) is 0.870. The lowest BCUT2D eigenvalue weighted by atomic mass is 9.95. The Morgan fingerprint density at radius 3 is 2.55 bits per heavy atom. The zero-order valence-corrected chi connectivity index (χ0v) is 11.5. The molecule has 1 amide bonds. The van der Waals surface area contributed by atoms with Crippen molar-refractivity contribution in [2.75, 3.05) is 12.4 Å². The summed E-state index contributed by atoms with van der Waals surface area (Å²) in [6, 6.07) is 12.7. The van der Waals surface area contributed by atoms with Crippen LogP contribution >= 0.6 is 0 Å². The van der Waals surface area contributed by atoms with Crippen molar-refractivity contribution in [2.45, 2.75) is 12.5 Å². The number of hydrogen-bond acceptors (Lipinski definition) is 4. The standard InChI is InChI=1S/C15H17N3O2/c1-15(14(16)19,13-9-5-6-10-17-13)18-11-7-3-4-8-12(11)20-2/h3-10,18H,1-2H3,(H2,16,19). The number of benzene rings is 1. The van der Waals surface area contributed by atoms with Crippen LogP contribution in [0.2, 0.25) is 0 Å². The van der Waals surface area contributed by atoms with E-state index in [2.05, 4.69) is 10.3 Å². The van der Waals surface area contributed by atoms with E-state index in [0.717, 1.165) is 0 Å². The monoisotopic (exact) mass is 271 g/mol. The first-order chi connectivity index (χ1) is 9.58. The third-order valence-electron chi connectivity index (χ3n) is 3.16. The minimum atomic E-state index is -1.12. The Kier molecular flexibility index (Phi) is 3.89. The number of aromatic nitrogens is 1. The van der Waals surface area contributed by atoms with Crippen molar-refractivity contribution in [3.63, 3.8) is 0 Å². The summed E-state index contributed by atoms with van der Waals surface area (Å²) < 4.78 is 5.27. The normalized spacial score (nSPS) is 13.3. The molecule has 5 heteroatoms. The first-order valence-electron chi connectivity index (χ1n) is 6.20. The highest BCUT2D eigenvalue weighted by Crippen LogP contribution is 2.30. The van der Waals surface area contributed by atoms with E-state index in [4.69, 9.17) is 10.5 Å². The first kappa shape index (κ1) is 13.9. The summed E-state index contributed by atoms with van der Waals surface area (Å²) in [6.07, 6.45) is 1.63. The molecule has 1 aromatic heterocycles. The predicted molar refractivity (Wildman–Crippen MR) is 77.4 cm³/mol. The maximum atomic E-state index is 11.9. The number of carbonyl (C=O) groups is 1. The van der Waals surface area contributed by atoms with Crippen molar-refractivity contribution >= 4 is 11.6 Å². The number of anilines is 1. The number of nitrogens with zero attached hydrogens (tertiary/aromatic N) is 1. The number of primary amides is 1. The van der Waals surface area contributed by atoms with Gasteiger partial charge in [-0.3, -0.25) is 9.78 Å². The second kappa shape index (κ2) is 5.61. The molecule has 0 saturated carbocycles. The van der Waals surface area contributed by atoms with E-state index < -0.39 is 11.4 Å². The van der Waals surface area contributed by atoms with Gasteiger partial charge in [-0.25, -0.2) is 0 Å². The Morgan fingerprint density at radius 2 is 1.95 bits per heavy atom. The highest BCUT2D eigenvalue weighted by Gasteiger charge is 2.35. The molecule has 0 aliphatic heterocycles. The Morgan fingerprint density at radius 1 is 1.25 bits per heavy atom. The average Bonchev–Trinajstić information content (AvgIpc) is 2.48. The molecule has 0 aliphatic rings. The van der Waals surface area contributed by atoms with Gasteiger partial charge >= 0.3 is 0 Å². The average molecular weight is 271 g/mol. The SMILES string of the molecule is COc1ccccc1NC(C)(C(N)=O)c1ccccn1. The van der Waals surface area contributed by atoms with Crippen LogP contribution in [0.3, 0.4) is 0 Å². The maximum absolute atomic E-state index is 11.9. The van der Waals surface area contributed by atoms with Crippen LogP contribution in [0.1, 0.15) is 12.6 Å². The molecule has 0 spiro atoms. The minimum absolute atomic E-state index is 0.512. The molecule has 2 aromatic rings. The number of ether oxygens (including phenoxy) is 1. The van der Waals surface area contributed by atoms with E-state index in [0.29, 0.717) is 17.1 Å². The number of carbonyl (C=O) groups excluding carboxylic acids is 1. The van der Waals surface area contributed by atoms with Crippen molar-refractivity contribution in [3.8, 4) is 5.75 Å². The van der Waals surface area contributed by atoms with Gasteiger partial charge in [-0.1, -0.05) is 18.2 Å². The third kappa shape index (κ3) is 2.56. The summed E-state index contributed by atoms with van der Waals surface area (Å²) >= 11 is 0. The van der Waals surface area contributed by atoms with Crippen molar-refractivity contribution in [1.82, 2.24) is 4.98 Å². The van der Waals surface area contributed by atoms with E-state index in [1.54, 1.807) is 32.4 Å². The summed E-state index contributed by atoms with van der Waals surface area (Å²) in [5.41, 5.74) is 5.68. The molecule has 1 atom stereocenters. The van der Waals surface area contributed by atoms with Crippen LogP contribution < -0.4 is 15.8 Å². The molecule has 0 fully saturated rings. The molecule has 5 nitrogen and oxygen atoms in total. The zero-order valence-electron chi connectivity index (χ0n) is 11.5. The Hall–Kier alpha value is -2.56. The van der Waals surface area contributed by atoms with E-state index >= 15 is 0 Å². The van der Waals surface area contributed by atoms with E-state index in [-0.39, 0.29) is 0 Å². The molecule has 0 radical (unpaired) electrons. The summed E-state index contributed by atoms with van der Waals surface area (Å²) in [7, 11) is 1.57. The zero-order chi connectivity index (χ0) is 14.6. The molecule has 0 saturated heterocycles. The molecular weight excluding hydrogens is 254 g/mol. The van der Waals surface area contributed by atoms with Gasteiger partial charge < -0.3 is 15.8 Å². The number of pyridine rings is 1. The van der Waals surface area contributed by atoms with E-state index in [1.807, 2.05) is 30.3 Å². The minimum Gasteiger partial charge on any atom is -0.495 e.